The molecule has 1 aromatic rings. The number of rotatable bonds is 5. The van der Waals surface area contributed by atoms with E-state index in [1.807, 2.05) is 0 Å². The third kappa shape index (κ3) is 2.97. The summed E-state index contributed by atoms with van der Waals surface area (Å²) < 4.78 is 1.73. The van der Waals surface area contributed by atoms with Gasteiger partial charge in [0.05, 0.1) is 6.20 Å². The maximum Gasteiger partial charge on any atom is 0.181 e. The average Bonchev–Trinajstić information content (AvgIpc) is 2.53. The van der Waals surface area contributed by atoms with Crippen LogP contribution in [0.4, 0.5) is 0 Å². The van der Waals surface area contributed by atoms with Crippen molar-refractivity contribution >= 4 is 5.78 Å². The van der Waals surface area contributed by atoms with Crippen LogP contribution in [-0.2, 0) is 6.54 Å². The molecule has 4 heteroatoms. The van der Waals surface area contributed by atoms with Crippen molar-refractivity contribution < 1.29 is 4.79 Å². The Morgan fingerprint density at radius 1 is 1.54 bits per heavy atom. The normalized spacial score (nSPS) is 10.3. The number of carbonyl (C=O) groups is 1. The van der Waals surface area contributed by atoms with Gasteiger partial charge in [0.25, 0.3) is 0 Å². The molecule has 0 aliphatic rings. The van der Waals surface area contributed by atoms with Crippen LogP contribution in [0.5, 0.6) is 0 Å². The maximum absolute atomic E-state index is 10.9. The van der Waals surface area contributed by atoms with Gasteiger partial charge in [0.1, 0.15) is 5.69 Å². The molecule has 0 aliphatic heterocycles. The van der Waals surface area contributed by atoms with Gasteiger partial charge in [-0.2, -0.15) is 0 Å². The second kappa shape index (κ2) is 4.74. The first-order valence-corrected chi connectivity index (χ1v) is 4.65. The summed E-state index contributed by atoms with van der Waals surface area (Å²) in [7, 11) is 0. The molecule has 0 atom stereocenters. The SMILES string of the molecule is CCCCCn1cc(C(C)=O)nn1. The summed E-state index contributed by atoms with van der Waals surface area (Å²) in [6, 6.07) is 0. The number of ketones is 1. The van der Waals surface area contributed by atoms with E-state index >= 15 is 0 Å². The molecular formula is C9H15N3O. The van der Waals surface area contributed by atoms with Gasteiger partial charge < -0.3 is 0 Å². The zero-order chi connectivity index (χ0) is 9.68. The van der Waals surface area contributed by atoms with Crippen LogP contribution in [-0.4, -0.2) is 20.8 Å². The summed E-state index contributed by atoms with van der Waals surface area (Å²) >= 11 is 0. The summed E-state index contributed by atoms with van der Waals surface area (Å²) in [6.45, 7) is 4.51. The number of carbonyl (C=O) groups excluding carboxylic acids is 1. The molecule has 1 aromatic heterocycles. The summed E-state index contributed by atoms with van der Waals surface area (Å²) in [6.07, 6.45) is 5.18. The van der Waals surface area contributed by atoms with E-state index in [1.54, 1.807) is 10.9 Å². The van der Waals surface area contributed by atoms with E-state index in [1.165, 1.54) is 19.8 Å². The zero-order valence-corrected chi connectivity index (χ0v) is 8.16. The number of hydrogen-bond donors (Lipinski definition) is 0. The van der Waals surface area contributed by atoms with Gasteiger partial charge in [-0.25, -0.2) is 0 Å². The highest BCUT2D eigenvalue weighted by Crippen LogP contribution is 1.99. The molecule has 0 amide bonds. The minimum absolute atomic E-state index is 0.0262. The Labute approximate surface area is 77.9 Å². The lowest BCUT2D eigenvalue weighted by atomic mass is 10.2. The van der Waals surface area contributed by atoms with E-state index in [2.05, 4.69) is 17.2 Å². The van der Waals surface area contributed by atoms with Gasteiger partial charge in [-0.15, -0.1) is 5.10 Å². The molecule has 4 nitrogen and oxygen atoms in total. The molecule has 0 bridgehead atoms. The molecule has 0 radical (unpaired) electrons. The molecule has 72 valence electrons. The number of nitrogens with zero attached hydrogens (tertiary/aromatic N) is 3. The second-order valence-corrected chi connectivity index (χ2v) is 3.13. The van der Waals surface area contributed by atoms with Crippen molar-refractivity contribution in [2.24, 2.45) is 0 Å². The Kier molecular flexibility index (Phi) is 3.61. The zero-order valence-electron chi connectivity index (χ0n) is 8.16. The second-order valence-electron chi connectivity index (χ2n) is 3.13. The van der Waals surface area contributed by atoms with Gasteiger partial charge in [-0.1, -0.05) is 25.0 Å². The fourth-order valence-electron chi connectivity index (χ4n) is 1.09. The lowest BCUT2D eigenvalue weighted by molar-refractivity contribution is 0.101. The first-order chi connectivity index (χ1) is 6.24. The highest BCUT2D eigenvalue weighted by molar-refractivity contribution is 5.91. The van der Waals surface area contributed by atoms with Gasteiger partial charge in [0, 0.05) is 13.5 Å². The van der Waals surface area contributed by atoms with Crippen LogP contribution in [0.15, 0.2) is 6.20 Å². The van der Waals surface area contributed by atoms with Crippen molar-refractivity contribution in [3.63, 3.8) is 0 Å². The fourth-order valence-corrected chi connectivity index (χ4v) is 1.09. The third-order valence-corrected chi connectivity index (χ3v) is 1.89. The highest BCUT2D eigenvalue weighted by Gasteiger charge is 2.03. The monoisotopic (exact) mass is 181 g/mol. The third-order valence-electron chi connectivity index (χ3n) is 1.89. The predicted molar refractivity (Wildman–Crippen MR) is 49.6 cm³/mol. The largest absolute Gasteiger partial charge is 0.293 e. The van der Waals surface area contributed by atoms with Crippen LogP contribution in [0.25, 0.3) is 0 Å². The fraction of sp³-hybridized carbons (Fsp3) is 0.667. The van der Waals surface area contributed by atoms with Gasteiger partial charge in [0.2, 0.25) is 0 Å². The summed E-state index contributed by atoms with van der Waals surface area (Å²) in [5.41, 5.74) is 0.455. The maximum atomic E-state index is 10.9. The van der Waals surface area contributed by atoms with Gasteiger partial charge in [-0.3, -0.25) is 9.48 Å². The van der Waals surface area contributed by atoms with Crippen LogP contribution >= 0.6 is 0 Å². The van der Waals surface area contributed by atoms with Crippen molar-refractivity contribution in [3.05, 3.63) is 11.9 Å². The summed E-state index contributed by atoms with van der Waals surface area (Å²) in [5, 5.41) is 7.61. The average molecular weight is 181 g/mol. The Morgan fingerprint density at radius 2 is 2.31 bits per heavy atom. The van der Waals surface area contributed by atoms with E-state index in [0.717, 1.165) is 13.0 Å². The van der Waals surface area contributed by atoms with Crippen molar-refractivity contribution in [1.82, 2.24) is 15.0 Å². The van der Waals surface area contributed by atoms with E-state index in [4.69, 9.17) is 0 Å². The minimum Gasteiger partial charge on any atom is -0.293 e. The summed E-state index contributed by atoms with van der Waals surface area (Å²) in [4.78, 5) is 10.9. The quantitative estimate of drug-likeness (QED) is 0.512. The Balaban J connectivity index is 2.44. The Bertz CT molecular complexity index is 280. The standard InChI is InChI=1S/C9H15N3O/c1-3-4-5-6-12-7-9(8(2)13)10-11-12/h7H,3-6H2,1-2H3. The van der Waals surface area contributed by atoms with Crippen LogP contribution in [0, 0.1) is 0 Å². The van der Waals surface area contributed by atoms with Crippen LogP contribution in [0.1, 0.15) is 43.6 Å². The van der Waals surface area contributed by atoms with Crippen molar-refractivity contribution in [2.75, 3.05) is 0 Å². The topological polar surface area (TPSA) is 47.8 Å². The molecule has 0 saturated heterocycles. The molecule has 0 saturated carbocycles. The predicted octanol–water partition coefficient (Wildman–Crippen LogP) is 1.67. The van der Waals surface area contributed by atoms with E-state index in [-0.39, 0.29) is 5.78 Å². The minimum atomic E-state index is -0.0262. The first-order valence-electron chi connectivity index (χ1n) is 4.65. The van der Waals surface area contributed by atoms with Crippen molar-refractivity contribution in [1.29, 1.82) is 0 Å². The molecule has 1 heterocycles. The van der Waals surface area contributed by atoms with Crippen LogP contribution < -0.4 is 0 Å². The molecule has 0 aromatic carbocycles. The van der Waals surface area contributed by atoms with Gasteiger partial charge in [0.15, 0.2) is 5.78 Å². The first kappa shape index (κ1) is 9.89. The number of Topliss-reactive ketones (excluding diaryl/α,β-unsaturated/α-hetero) is 1. The number of unbranched alkanes of at least 4 members (excludes halogenated alkanes) is 2. The molecular weight excluding hydrogens is 166 g/mol. The van der Waals surface area contributed by atoms with Crippen molar-refractivity contribution in [3.8, 4) is 0 Å². The lowest BCUT2D eigenvalue weighted by Crippen LogP contribution is -1.98. The smallest absolute Gasteiger partial charge is 0.181 e. The van der Waals surface area contributed by atoms with Crippen LogP contribution in [0.3, 0.4) is 0 Å². The molecule has 0 fully saturated rings. The Morgan fingerprint density at radius 3 is 2.85 bits per heavy atom. The van der Waals surface area contributed by atoms with Gasteiger partial charge in [-0.05, 0) is 6.42 Å². The molecule has 13 heavy (non-hydrogen) atoms. The molecule has 0 spiro atoms. The number of aromatic nitrogens is 3. The summed E-state index contributed by atoms with van der Waals surface area (Å²) in [5.74, 6) is -0.0262. The number of aryl methyl sites for hydroxylation is 1. The van der Waals surface area contributed by atoms with Crippen molar-refractivity contribution in [2.45, 2.75) is 39.7 Å². The van der Waals surface area contributed by atoms with Gasteiger partial charge >= 0.3 is 0 Å². The Hall–Kier alpha value is -1.19. The van der Waals surface area contributed by atoms with E-state index in [0.29, 0.717) is 5.69 Å². The molecule has 0 N–H and O–H groups in total. The molecule has 1 rings (SSSR count). The van der Waals surface area contributed by atoms with E-state index < -0.39 is 0 Å². The lowest BCUT2D eigenvalue weighted by Gasteiger charge is -1.96. The molecule has 0 aliphatic carbocycles. The highest BCUT2D eigenvalue weighted by atomic mass is 16.1. The number of hydrogen-bond acceptors (Lipinski definition) is 3. The van der Waals surface area contributed by atoms with E-state index in [9.17, 15) is 4.79 Å². The molecule has 0 unspecified atom stereocenters. The van der Waals surface area contributed by atoms with Crippen LogP contribution in [0.2, 0.25) is 0 Å².